The Morgan fingerprint density at radius 3 is 2.34 bits per heavy atom. The second kappa shape index (κ2) is 8.31. The summed E-state index contributed by atoms with van der Waals surface area (Å²) in [6.07, 6.45) is 4.36. The summed E-state index contributed by atoms with van der Waals surface area (Å²) in [5.41, 5.74) is 1.52. The van der Waals surface area contributed by atoms with Gasteiger partial charge < -0.3 is 10.2 Å². The fourth-order valence-electron chi connectivity index (χ4n) is 3.86. The lowest BCUT2D eigenvalue weighted by molar-refractivity contribution is -0.384. The molecule has 0 atom stereocenters. The van der Waals surface area contributed by atoms with Crippen LogP contribution in [0.15, 0.2) is 60.7 Å². The lowest BCUT2D eigenvalue weighted by atomic mass is 10.1. The molecule has 0 saturated carbocycles. The van der Waals surface area contributed by atoms with Gasteiger partial charge in [0.1, 0.15) is 5.69 Å². The maximum atomic E-state index is 12.7. The maximum Gasteiger partial charge on any atom is 0.293 e. The molecule has 0 unspecified atom stereocenters. The summed E-state index contributed by atoms with van der Waals surface area (Å²) in [7, 11) is 0. The van der Waals surface area contributed by atoms with Crippen molar-refractivity contribution in [1.82, 2.24) is 0 Å². The molecule has 1 aliphatic rings. The first-order chi connectivity index (χ1) is 14.1. The first-order valence-electron chi connectivity index (χ1n) is 9.95. The van der Waals surface area contributed by atoms with Crippen LogP contribution in [0.5, 0.6) is 0 Å². The third-order valence-electron chi connectivity index (χ3n) is 5.39. The molecule has 29 heavy (non-hydrogen) atoms. The van der Waals surface area contributed by atoms with Crippen molar-refractivity contribution in [3.05, 3.63) is 76.3 Å². The van der Waals surface area contributed by atoms with Gasteiger partial charge in [-0.3, -0.25) is 14.9 Å². The molecule has 0 aliphatic carbocycles. The van der Waals surface area contributed by atoms with Gasteiger partial charge in [-0.1, -0.05) is 43.2 Å². The first kappa shape index (κ1) is 18.9. The molecule has 6 heteroatoms. The lowest BCUT2D eigenvalue weighted by Gasteiger charge is -2.22. The number of carbonyl (C=O) groups is 1. The minimum absolute atomic E-state index is 0.0157. The Labute approximate surface area is 169 Å². The highest BCUT2D eigenvalue weighted by Crippen LogP contribution is 2.31. The van der Waals surface area contributed by atoms with Gasteiger partial charge in [-0.25, -0.2) is 0 Å². The van der Waals surface area contributed by atoms with E-state index in [1.165, 1.54) is 6.07 Å². The van der Waals surface area contributed by atoms with E-state index in [1.807, 2.05) is 42.5 Å². The van der Waals surface area contributed by atoms with Gasteiger partial charge in [-0.15, -0.1) is 0 Å². The summed E-state index contributed by atoms with van der Waals surface area (Å²) < 4.78 is 0. The number of amides is 1. The Hall–Kier alpha value is -3.41. The van der Waals surface area contributed by atoms with E-state index in [9.17, 15) is 14.9 Å². The number of nitro benzene ring substituents is 1. The number of nitro groups is 1. The molecule has 0 spiro atoms. The van der Waals surface area contributed by atoms with E-state index < -0.39 is 4.92 Å². The zero-order valence-corrected chi connectivity index (χ0v) is 16.1. The van der Waals surface area contributed by atoms with Crippen LogP contribution in [-0.4, -0.2) is 23.9 Å². The van der Waals surface area contributed by atoms with Gasteiger partial charge in [-0.2, -0.15) is 0 Å². The Balaban J connectivity index is 1.59. The van der Waals surface area contributed by atoms with Crippen molar-refractivity contribution in [2.75, 3.05) is 23.3 Å². The Morgan fingerprint density at radius 1 is 0.897 bits per heavy atom. The zero-order chi connectivity index (χ0) is 20.2. The second-order valence-corrected chi connectivity index (χ2v) is 7.38. The van der Waals surface area contributed by atoms with Gasteiger partial charge >= 0.3 is 0 Å². The fourth-order valence-corrected chi connectivity index (χ4v) is 3.86. The zero-order valence-electron chi connectivity index (χ0n) is 16.1. The smallest absolute Gasteiger partial charge is 0.293 e. The van der Waals surface area contributed by atoms with Crippen LogP contribution >= 0.6 is 0 Å². The highest BCUT2D eigenvalue weighted by Gasteiger charge is 2.22. The Kier molecular flexibility index (Phi) is 5.42. The first-order valence-corrected chi connectivity index (χ1v) is 9.95. The van der Waals surface area contributed by atoms with Crippen molar-refractivity contribution >= 4 is 33.7 Å². The molecule has 0 radical (unpaired) electrons. The van der Waals surface area contributed by atoms with Gasteiger partial charge in [0, 0.05) is 30.4 Å². The maximum absolute atomic E-state index is 12.7. The molecule has 4 rings (SSSR count). The number of hydrogen-bond acceptors (Lipinski definition) is 4. The highest BCUT2D eigenvalue weighted by molar-refractivity contribution is 6.06. The molecule has 1 amide bonds. The summed E-state index contributed by atoms with van der Waals surface area (Å²) in [4.78, 5) is 26.1. The number of benzene rings is 3. The van der Waals surface area contributed by atoms with E-state index in [2.05, 4.69) is 10.2 Å². The van der Waals surface area contributed by atoms with Crippen LogP contribution in [-0.2, 0) is 0 Å². The van der Waals surface area contributed by atoms with E-state index in [0.29, 0.717) is 11.4 Å². The molecule has 3 aromatic rings. The third kappa shape index (κ3) is 4.21. The van der Waals surface area contributed by atoms with Crippen LogP contribution in [0.1, 0.15) is 36.0 Å². The lowest BCUT2D eigenvalue weighted by Crippen LogP contribution is -2.25. The number of carbonyl (C=O) groups excluding carboxylic acids is 1. The molecule has 1 aliphatic heterocycles. The standard InChI is InChI=1S/C23H23N3O3/c27-23(24-20-11-9-17-7-3-4-8-18(17)15-20)19-10-12-21(22(16-19)26(28)29)25-13-5-1-2-6-14-25/h3-4,7-12,15-16H,1-2,5-6,13-14H2,(H,24,27). The van der Waals surface area contributed by atoms with Crippen LogP contribution in [0.3, 0.4) is 0 Å². The summed E-state index contributed by atoms with van der Waals surface area (Å²) in [6.45, 7) is 1.62. The predicted molar refractivity (Wildman–Crippen MR) is 116 cm³/mol. The minimum Gasteiger partial charge on any atom is -0.366 e. The largest absolute Gasteiger partial charge is 0.366 e. The molecule has 1 saturated heterocycles. The monoisotopic (exact) mass is 389 g/mol. The number of nitrogens with one attached hydrogen (secondary N) is 1. The van der Waals surface area contributed by atoms with Gasteiger partial charge in [-0.05, 0) is 47.9 Å². The molecule has 3 aromatic carbocycles. The summed E-state index contributed by atoms with van der Waals surface area (Å²) in [5, 5.41) is 16.6. The van der Waals surface area contributed by atoms with E-state index in [4.69, 9.17) is 0 Å². The van der Waals surface area contributed by atoms with Crippen molar-refractivity contribution in [2.24, 2.45) is 0 Å². The number of fused-ring (bicyclic) bond motifs is 1. The van der Waals surface area contributed by atoms with Crippen LogP contribution in [0.2, 0.25) is 0 Å². The molecule has 0 aromatic heterocycles. The average Bonchev–Trinajstić information content (AvgIpc) is 3.02. The van der Waals surface area contributed by atoms with E-state index in [0.717, 1.165) is 49.5 Å². The van der Waals surface area contributed by atoms with Crippen molar-refractivity contribution in [2.45, 2.75) is 25.7 Å². The number of nitrogens with zero attached hydrogens (tertiary/aromatic N) is 2. The molecule has 1 heterocycles. The van der Waals surface area contributed by atoms with Crippen LogP contribution < -0.4 is 10.2 Å². The summed E-state index contributed by atoms with van der Waals surface area (Å²) in [6, 6.07) is 18.3. The average molecular weight is 389 g/mol. The highest BCUT2D eigenvalue weighted by atomic mass is 16.6. The Bertz CT molecular complexity index is 1060. The van der Waals surface area contributed by atoms with Crippen molar-refractivity contribution in [3.8, 4) is 0 Å². The van der Waals surface area contributed by atoms with Crippen molar-refractivity contribution in [3.63, 3.8) is 0 Å². The molecular formula is C23H23N3O3. The number of rotatable bonds is 4. The summed E-state index contributed by atoms with van der Waals surface area (Å²) in [5.74, 6) is -0.356. The topological polar surface area (TPSA) is 75.5 Å². The molecule has 1 N–H and O–H groups in total. The van der Waals surface area contributed by atoms with E-state index >= 15 is 0 Å². The van der Waals surface area contributed by atoms with Gasteiger partial charge in [0.15, 0.2) is 0 Å². The number of hydrogen-bond donors (Lipinski definition) is 1. The third-order valence-corrected chi connectivity index (χ3v) is 5.39. The van der Waals surface area contributed by atoms with Crippen molar-refractivity contribution in [1.29, 1.82) is 0 Å². The van der Waals surface area contributed by atoms with Crippen LogP contribution in [0, 0.1) is 10.1 Å². The van der Waals surface area contributed by atoms with Crippen LogP contribution in [0.25, 0.3) is 10.8 Å². The predicted octanol–water partition coefficient (Wildman–Crippen LogP) is 5.38. The Morgan fingerprint density at radius 2 is 1.62 bits per heavy atom. The van der Waals surface area contributed by atoms with Crippen LogP contribution in [0.4, 0.5) is 17.1 Å². The van der Waals surface area contributed by atoms with Gasteiger partial charge in [0.25, 0.3) is 11.6 Å². The van der Waals surface area contributed by atoms with E-state index in [-0.39, 0.29) is 17.2 Å². The molecule has 1 fully saturated rings. The van der Waals surface area contributed by atoms with Crippen molar-refractivity contribution < 1.29 is 9.72 Å². The molecular weight excluding hydrogens is 366 g/mol. The summed E-state index contributed by atoms with van der Waals surface area (Å²) >= 11 is 0. The molecule has 148 valence electrons. The van der Waals surface area contributed by atoms with Gasteiger partial charge in [0.05, 0.1) is 4.92 Å². The quantitative estimate of drug-likeness (QED) is 0.480. The SMILES string of the molecule is O=C(Nc1ccc2ccccc2c1)c1ccc(N2CCCCCC2)c([N+](=O)[O-])c1. The van der Waals surface area contributed by atoms with Gasteiger partial charge in [0.2, 0.25) is 0 Å². The molecule has 0 bridgehead atoms. The second-order valence-electron chi connectivity index (χ2n) is 7.38. The fraction of sp³-hybridized carbons (Fsp3) is 0.261. The molecule has 6 nitrogen and oxygen atoms in total. The van der Waals surface area contributed by atoms with E-state index in [1.54, 1.807) is 12.1 Å². The minimum atomic E-state index is -0.396. The number of anilines is 2. The normalized spacial score (nSPS) is 14.4.